The third-order valence-corrected chi connectivity index (χ3v) is 4.24. The summed E-state index contributed by atoms with van der Waals surface area (Å²) >= 11 is 5.90. The lowest BCUT2D eigenvalue weighted by Crippen LogP contribution is -2.39. The van der Waals surface area contributed by atoms with Crippen molar-refractivity contribution in [1.82, 2.24) is 15.6 Å². The number of nitrogens with one attached hydrogen (secondary N) is 2. The minimum absolute atomic E-state index is 0.000773. The minimum Gasteiger partial charge on any atom is -0.441 e. The van der Waals surface area contributed by atoms with Crippen LogP contribution in [0, 0.1) is 0 Å². The maximum Gasteiger partial charge on any atom is 0.407 e. The third-order valence-electron chi connectivity index (χ3n) is 4.03. The summed E-state index contributed by atoms with van der Waals surface area (Å²) in [7, 11) is 0. The van der Waals surface area contributed by atoms with E-state index in [1.54, 1.807) is 6.07 Å². The molecule has 3 rings (SSSR count). The molecule has 0 spiro atoms. The van der Waals surface area contributed by atoms with Crippen LogP contribution in [0.3, 0.4) is 0 Å². The van der Waals surface area contributed by atoms with Crippen molar-refractivity contribution in [3.05, 3.63) is 28.5 Å². The quantitative estimate of drug-likeness (QED) is 0.835. The first-order valence-corrected chi connectivity index (χ1v) is 7.89. The number of amides is 2. The first kappa shape index (κ1) is 15.1. The maximum absolute atomic E-state index is 11.9. The Kier molecular flexibility index (Phi) is 4.47. The van der Waals surface area contributed by atoms with Crippen molar-refractivity contribution in [3.63, 3.8) is 0 Å². The first-order chi connectivity index (χ1) is 10.6. The molecule has 1 aliphatic carbocycles. The van der Waals surface area contributed by atoms with E-state index in [9.17, 15) is 9.59 Å². The highest BCUT2D eigenvalue weighted by Crippen LogP contribution is 2.32. The van der Waals surface area contributed by atoms with Gasteiger partial charge >= 0.3 is 6.09 Å². The number of aromatic nitrogens is 1. The molecular weight excluding hydrogens is 306 g/mol. The zero-order valence-electron chi connectivity index (χ0n) is 12.1. The van der Waals surface area contributed by atoms with E-state index in [0.717, 1.165) is 36.9 Å². The summed E-state index contributed by atoms with van der Waals surface area (Å²) in [5.74, 6) is 0.0318. The van der Waals surface area contributed by atoms with Gasteiger partial charge in [0.15, 0.2) is 0 Å². The summed E-state index contributed by atoms with van der Waals surface area (Å²) in [6.45, 7) is 0.392. The highest BCUT2D eigenvalue weighted by Gasteiger charge is 2.26. The lowest BCUT2D eigenvalue weighted by Gasteiger charge is -2.25. The molecule has 2 amide bonds. The summed E-state index contributed by atoms with van der Waals surface area (Å²) < 4.78 is 5.50. The topological polar surface area (TPSA) is 80.3 Å². The fraction of sp³-hybridized carbons (Fsp3) is 0.533. The van der Waals surface area contributed by atoms with Gasteiger partial charge in [-0.3, -0.25) is 4.79 Å². The number of halogens is 1. The summed E-state index contributed by atoms with van der Waals surface area (Å²) in [6.07, 6.45) is 3.06. The Morgan fingerprint density at radius 3 is 3.05 bits per heavy atom. The molecule has 0 saturated carbocycles. The summed E-state index contributed by atoms with van der Waals surface area (Å²) in [6, 6.07) is 3.59. The molecule has 2 aliphatic rings. The highest BCUT2D eigenvalue weighted by molar-refractivity contribution is 6.29. The molecule has 2 atom stereocenters. The average molecular weight is 324 g/mol. The highest BCUT2D eigenvalue weighted by atomic mass is 35.5. The Bertz CT molecular complexity index is 593. The Balaban J connectivity index is 1.55. The van der Waals surface area contributed by atoms with Gasteiger partial charge in [0.2, 0.25) is 5.91 Å². The van der Waals surface area contributed by atoms with Crippen molar-refractivity contribution >= 4 is 23.6 Å². The van der Waals surface area contributed by atoms with Crippen LogP contribution in [-0.2, 0) is 16.0 Å². The molecule has 6 nitrogen and oxygen atoms in total. The number of hydrogen-bond donors (Lipinski definition) is 2. The average Bonchev–Trinajstić information content (AvgIpc) is 2.91. The second kappa shape index (κ2) is 6.52. The van der Waals surface area contributed by atoms with E-state index < -0.39 is 6.09 Å². The molecule has 0 unspecified atom stereocenters. The maximum atomic E-state index is 11.9. The van der Waals surface area contributed by atoms with Gasteiger partial charge in [-0.25, -0.2) is 9.78 Å². The standard InChI is InChI=1S/C15H18ClN3O3/c16-13-6-5-10-11(19-13)2-1-3-12(10)22-15(21)17-8-9-4-7-14(20)18-9/h5-6,9,12H,1-4,7-8H2,(H,17,21)(H,18,20)/t9-,12+/m0/s1. The lowest BCUT2D eigenvalue weighted by atomic mass is 9.93. The van der Waals surface area contributed by atoms with Crippen molar-refractivity contribution in [2.45, 2.75) is 44.2 Å². The summed E-state index contributed by atoms with van der Waals surface area (Å²) in [5.41, 5.74) is 1.83. The van der Waals surface area contributed by atoms with Crippen LogP contribution in [0.1, 0.15) is 43.0 Å². The van der Waals surface area contributed by atoms with Crippen molar-refractivity contribution in [3.8, 4) is 0 Å². The van der Waals surface area contributed by atoms with Crippen molar-refractivity contribution in [2.75, 3.05) is 6.54 Å². The number of rotatable bonds is 3. The van der Waals surface area contributed by atoms with E-state index in [0.29, 0.717) is 18.1 Å². The Morgan fingerprint density at radius 2 is 2.27 bits per heavy atom. The molecule has 1 aromatic rings. The van der Waals surface area contributed by atoms with Gasteiger partial charge in [0.05, 0.1) is 0 Å². The molecule has 0 bridgehead atoms. The predicted molar refractivity (Wildman–Crippen MR) is 80.6 cm³/mol. The lowest BCUT2D eigenvalue weighted by molar-refractivity contribution is -0.119. The number of aryl methyl sites for hydroxylation is 1. The zero-order chi connectivity index (χ0) is 15.5. The van der Waals surface area contributed by atoms with Gasteiger partial charge in [-0.15, -0.1) is 0 Å². The predicted octanol–water partition coefficient (Wildman–Crippen LogP) is 2.12. The zero-order valence-corrected chi connectivity index (χ0v) is 12.9. The van der Waals surface area contributed by atoms with E-state index in [1.807, 2.05) is 6.07 Å². The number of hydrogen-bond acceptors (Lipinski definition) is 4. The molecular formula is C15H18ClN3O3. The van der Waals surface area contributed by atoms with Crippen LogP contribution in [0.5, 0.6) is 0 Å². The van der Waals surface area contributed by atoms with Crippen LogP contribution in [-0.4, -0.2) is 29.6 Å². The van der Waals surface area contributed by atoms with E-state index in [4.69, 9.17) is 16.3 Å². The largest absolute Gasteiger partial charge is 0.441 e. The monoisotopic (exact) mass is 323 g/mol. The first-order valence-electron chi connectivity index (χ1n) is 7.51. The molecule has 1 aromatic heterocycles. The van der Waals surface area contributed by atoms with Crippen LogP contribution >= 0.6 is 11.6 Å². The number of nitrogens with zero attached hydrogens (tertiary/aromatic N) is 1. The third kappa shape index (κ3) is 3.50. The van der Waals surface area contributed by atoms with Gasteiger partial charge in [0, 0.05) is 30.3 Å². The smallest absolute Gasteiger partial charge is 0.407 e. The van der Waals surface area contributed by atoms with Gasteiger partial charge in [-0.1, -0.05) is 17.7 Å². The fourth-order valence-corrected chi connectivity index (χ4v) is 3.08. The Labute approximate surface area is 133 Å². The van der Waals surface area contributed by atoms with Crippen molar-refractivity contribution in [2.24, 2.45) is 0 Å². The number of carbonyl (C=O) groups excluding carboxylic acids is 2. The van der Waals surface area contributed by atoms with Gasteiger partial charge in [0.25, 0.3) is 0 Å². The van der Waals surface area contributed by atoms with Gasteiger partial charge < -0.3 is 15.4 Å². The van der Waals surface area contributed by atoms with Crippen LogP contribution in [0.25, 0.3) is 0 Å². The molecule has 0 aromatic carbocycles. The number of ether oxygens (including phenoxy) is 1. The molecule has 2 heterocycles. The number of fused-ring (bicyclic) bond motifs is 1. The van der Waals surface area contributed by atoms with E-state index in [1.165, 1.54) is 0 Å². The fourth-order valence-electron chi connectivity index (χ4n) is 2.92. The summed E-state index contributed by atoms with van der Waals surface area (Å²) in [5, 5.41) is 5.97. The van der Waals surface area contributed by atoms with Crippen LogP contribution in [0.15, 0.2) is 12.1 Å². The van der Waals surface area contributed by atoms with Crippen LogP contribution in [0.2, 0.25) is 5.15 Å². The van der Waals surface area contributed by atoms with Crippen LogP contribution < -0.4 is 10.6 Å². The Hall–Kier alpha value is -1.82. The van der Waals surface area contributed by atoms with Crippen LogP contribution in [0.4, 0.5) is 4.79 Å². The summed E-state index contributed by atoms with van der Waals surface area (Å²) in [4.78, 5) is 27.3. The number of carbonyl (C=O) groups is 2. The second-order valence-electron chi connectivity index (χ2n) is 5.64. The molecule has 1 aliphatic heterocycles. The van der Waals surface area contributed by atoms with Gasteiger partial charge in [-0.2, -0.15) is 0 Å². The normalized spacial score (nSPS) is 23.6. The second-order valence-corrected chi connectivity index (χ2v) is 6.03. The molecule has 1 saturated heterocycles. The molecule has 118 valence electrons. The van der Waals surface area contributed by atoms with E-state index in [2.05, 4.69) is 15.6 Å². The van der Waals surface area contributed by atoms with E-state index in [-0.39, 0.29) is 18.1 Å². The molecule has 0 radical (unpaired) electrons. The van der Waals surface area contributed by atoms with Crippen molar-refractivity contribution in [1.29, 1.82) is 0 Å². The minimum atomic E-state index is -0.464. The Morgan fingerprint density at radius 1 is 1.41 bits per heavy atom. The molecule has 2 N–H and O–H groups in total. The number of alkyl carbamates (subject to hydrolysis) is 1. The van der Waals surface area contributed by atoms with E-state index >= 15 is 0 Å². The van der Waals surface area contributed by atoms with Gasteiger partial charge in [0.1, 0.15) is 11.3 Å². The molecule has 7 heteroatoms. The van der Waals surface area contributed by atoms with Gasteiger partial charge in [-0.05, 0) is 31.7 Å². The molecule has 22 heavy (non-hydrogen) atoms. The SMILES string of the molecule is O=C1CC[C@@H](CNC(=O)O[C@@H]2CCCc3nc(Cl)ccc32)N1. The number of pyridine rings is 1. The van der Waals surface area contributed by atoms with Crippen molar-refractivity contribution < 1.29 is 14.3 Å². The molecule has 1 fully saturated rings.